The number of carbonyl (C=O) groups is 1. The van der Waals surface area contributed by atoms with Crippen LogP contribution in [0.1, 0.15) is 33.3 Å². The van der Waals surface area contributed by atoms with Gasteiger partial charge in [-0.3, -0.25) is 4.98 Å². The van der Waals surface area contributed by atoms with Crippen LogP contribution >= 0.6 is 0 Å². The Kier molecular flexibility index (Phi) is 4.64. The second-order valence-corrected chi connectivity index (χ2v) is 5.14. The van der Waals surface area contributed by atoms with Gasteiger partial charge in [-0.25, -0.2) is 4.79 Å². The summed E-state index contributed by atoms with van der Waals surface area (Å²) in [5.41, 5.74) is 2.39. The molecule has 3 aromatic rings. The molecule has 0 saturated heterocycles. The topological polar surface area (TPSA) is 63.0 Å². The Morgan fingerprint density at radius 2 is 1.67 bits per heavy atom. The van der Waals surface area contributed by atoms with Crippen molar-refractivity contribution in [2.45, 2.75) is 6.10 Å². The molecule has 0 N–H and O–H groups in total. The largest absolute Gasteiger partial charge is 0.447 e. The molecule has 0 amide bonds. The molecule has 0 bridgehead atoms. The Morgan fingerprint density at radius 3 is 2.29 bits per heavy atom. The molecule has 1 aromatic heterocycles. The van der Waals surface area contributed by atoms with Crippen LogP contribution in [0.2, 0.25) is 0 Å². The van der Waals surface area contributed by atoms with Crippen LogP contribution < -0.4 is 0 Å². The molecule has 0 aliphatic carbocycles. The van der Waals surface area contributed by atoms with E-state index in [2.05, 4.69) is 4.98 Å². The highest BCUT2D eigenvalue weighted by Crippen LogP contribution is 2.25. The Hall–Kier alpha value is -3.45. The summed E-state index contributed by atoms with van der Waals surface area (Å²) in [5.74, 6) is -0.459. The van der Waals surface area contributed by atoms with E-state index >= 15 is 0 Å². The molecule has 1 heterocycles. The summed E-state index contributed by atoms with van der Waals surface area (Å²) >= 11 is 0. The van der Waals surface area contributed by atoms with Crippen molar-refractivity contribution in [1.29, 1.82) is 5.26 Å². The summed E-state index contributed by atoms with van der Waals surface area (Å²) in [6.45, 7) is 0. The molecule has 4 nitrogen and oxygen atoms in total. The molecule has 1 atom stereocenters. The summed E-state index contributed by atoms with van der Waals surface area (Å²) in [6, 6.07) is 23.3. The maximum atomic E-state index is 12.5. The van der Waals surface area contributed by atoms with Crippen LogP contribution in [0.15, 0.2) is 79.0 Å². The van der Waals surface area contributed by atoms with Gasteiger partial charge in [0.2, 0.25) is 0 Å². The lowest BCUT2D eigenvalue weighted by atomic mass is 10.1. The predicted molar refractivity (Wildman–Crippen MR) is 89.1 cm³/mol. The van der Waals surface area contributed by atoms with E-state index in [1.807, 2.05) is 54.6 Å². The first-order valence-corrected chi connectivity index (χ1v) is 7.45. The summed E-state index contributed by atoms with van der Waals surface area (Å²) in [5, 5.41) is 8.84. The fraction of sp³-hybridized carbons (Fsp3) is 0.0500. The molecular formula is C20H14N2O2. The number of nitrogens with zero attached hydrogens (tertiary/aromatic N) is 2. The van der Waals surface area contributed by atoms with Gasteiger partial charge < -0.3 is 4.74 Å². The van der Waals surface area contributed by atoms with Gasteiger partial charge in [0.05, 0.1) is 22.9 Å². The van der Waals surface area contributed by atoms with Crippen molar-refractivity contribution in [1.82, 2.24) is 4.98 Å². The highest BCUT2D eigenvalue weighted by Gasteiger charge is 2.21. The van der Waals surface area contributed by atoms with E-state index in [0.717, 1.165) is 5.56 Å². The molecule has 0 aliphatic rings. The average molecular weight is 314 g/mol. The predicted octanol–water partition coefficient (Wildman–Crippen LogP) is 3.90. The van der Waals surface area contributed by atoms with Gasteiger partial charge in [-0.15, -0.1) is 0 Å². The van der Waals surface area contributed by atoms with E-state index in [1.165, 1.54) is 0 Å². The van der Waals surface area contributed by atoms with Gasteiger partial charge in [0.1, 0.15) is 0 Å². The molecule has 116 valence electrons. The van der Waals surface area contributed by atoms with Gasteiger partial charge in [-0.1, -0.05) is 36.4 Å². The fourth-order valence-electron chi connectivity index (χ4n) is 2.31. The molecule has 2 aromatic carbocycles. The molecular weight excluding hydrogens is 300 g/mol. The van der Waals surface area contributed by atoms with Crippen LogP contribution in [0.25, 0.3) is 0 Å². The normalized spacial score (nSPS) is 11.3. The first kappa shape index (κ1) is 15.4. The summed E-state index contributed by atoms with van der Waals surface area (Å²) in [4.78, 5) is 16.8. The summed E-state index contributed by atoms with van der Waals surface area (Å²) in [6.07, 6.45) is 1.08. The van der Waals surface area contributed by atoms with Gasteiger partial charge in [-0.2, -0.15) is 5.26 Å². The lowest BCUT2D eigenvalue weighted by molar-refractivity contribution is 0.0370. The van der Waals surface area contributed by atoms with E-state index < -0.39 is 12.1 Å². The summed E-state index contributed by atoms with van der Waals surface area (Å²) < 4.78 is 5.70. The van der Waals surface area contributed by atoms with Crippen LogP contribution in [0.4, 0.5) is 0 Å². The van der Waals surface area contributed by atoms with E-state index in [4.69, 9.17) is 10.00 Å². The zero-order valence-corrected chi connectivity index (χ0v) is 12.8. The second kappa shape index (κ2) is 7.21. The molecule has 0 saturated carbocycles. The van der Waals surface area contributed by atoms with Crippen molar-refractivity contribution in [2.75, 3.05) is 0 Å². The SMILES string of the molecule is N#Cc1ccc(C(=O)OC(c2ccccc2)c2ccccn2)cc1. The monoisotopic (exact) mass is 314 g/mol. The number of esters is 1. The lowest BCUT2D eigenvalue weighted by Crippen LogP contribution is -2.14. The fourth-order valence-corrected chi connectivity index (χ4v) is 2.31. The van der Waals surface area contributed by atoms with E-state index in [-0.39, 0.29) is 0 Å². The van der Waals surface area contributed by atoms with Crippen molar-refractivity contribution < 1.29 is 9.53 Å². The van der Waals surface area contributed by atoms with Crippen molar-refractivity contribution in [2.24, 2.45) is 0 Å². The van der Waals surface area contributed by atoms with Gasteiger partial charge in [0, 0.05) is 6.20 Å². The number of aromatic nitrogens is 1. The Bertz CT molecular complexity index is 814. The number of rotatable bonds is 4. The van der Waals surface area contributed by atoms with Crippen LogP contribution in [-0.4, -0.2) is 11.0 Å². The number of pyridine rings is 1. The molecule has 24 heavy (non-hydrogen) atoms. The maximum absolute atomic E-state index is 12.5. The van der Waals surface area contributed by atoms with E-state index in [1.54, 1.807) is 30.5 Å². The van der Waals surface area contributed by atoms with Gasteiger partial charge in [-0.05, 0) is 42.0 Å². The maximum Gasteiger partial charge on any atom is 0.339 e. The molecule has 0 fully saturated rings. The quantitative estimate of drug-likeness (QED) is 0.685. The zero-order valence-electron chi connectivity index (χ0n) is 12.8. The molecule has 0 spiro atoms. The minimum Gasteiger partial charge on any atom is -0.447 e. The van der Waals surface area contributed by atoms with Gasteiger partial charge >= 0.3 is 5.97 Å². The van der Waals surface area contributed by atoms with Crippen LogP contribution in [0.3, 0.4) is 0 Å². The standard InChI is InChI=1S/C20H14N2O2/c21-14-15-9-11-17(12-10-15)20(23)24-19(16-6-2-1-3-7-16)18-8-4-5-13-22-18/h1-13,19H. The number of benzene rings is 2. The number of hydrogen-bond acceptors (Lipinski definition) is 4. The van der Waals surface area contributed by atoms with Gasteiger partial charge in [0.15, 0.2) is 6.10 Å². The first-order chi connectivity index (χ1) is 11.8. The molecule has 0 aliphatic heterocycles. The van der Waals surface area contributed by atoms with E-state index in [9.17, 15) is 4.79 Å². The number of nitriles is 1. The van der Waals surface area contributed by atoms with Crippen molar-refractivity contribution in [3.8, 4) is 6.07 Å². The van der Waals surface area contributed by atoms with Crippen molar-refractivity contribution >= 4 is 5.97 Å². The second-order valence-electron chi connectivity index (χ2n) is 5.14. The first-order valence-electron chi connectivity index (χ1n) is 7.45. The molecule has 1 unspecified atom stereocenters. The van der Waals surface area contributed by atoms with Crippen molar-refractivity contribution in [3.05, 3.63) is 101 Å². The third kappa shape index (κ3) is 3.47. The number of carbonyl (C=O) groups excluding carboxylic acids is 1. The molecule has 0 radical (unpaired) electrons. The molecule has 4 heteroatoms. The third-order valence-corrected chi connectivity index (χ3v) is 3.53. The number of ether oxygens (including phenoxy) is 1. The van der Waals surface area contributed by atoms with Crippen LogP contribution in [-0.2, 0) is 4.74 Å². The highest BCUT2D eigenvalue weighted by atomic mass is 16.5. The molecule has 3 rings (SSSR count). The third-order valence-electron chi connectivity index (χ3n) is 3.53. The van der Waals surface area contributed by atoms with Crippen LogP contribution in [0, 0.1) is 11.3 Å². The average Bonchev–Trinajstić information content (AvgIpc) is 2.67. The lowest BCUT2D eigenvalue weighted by Gasteiger charge is -2.18. The minimum absolute atomic E-state index is 0.394. The van der Waals surface area contributed by atoms with Gasteiger partial charge in [0.25, 0.3) is 0 Å². The zero-order chi connectivity index (χ0) is 16.8. The van der Waals surface area contributed by atoms with E-state index in [0.29, 0.717) is 16.8 Å². The van der Waals surface area contributed by atoms with Crippen molar-refractivity contribution in [3.63, 3.8) is 0 Å². The number of hydrogen-bond donors (Lipinski definition) is 0. The summed E-state index contributed by atoms with van der Waals surface area (Å²) in [7, 11) is 0. The Morgan fingerprint density at radius 1 is 0.958 bits per heavy atom. The minimum atomic E-state index is -0.587. The Balaban J connectivity index is 1.89. The highest BCUT2D eigenvalue weighted by molar-refractivity contribution is 5.89. The van der Waals surface area contributed by atoms with Crippen LogP contribution in [0.5, 0.6) is 0 Å². The smallest absolute Gasteiger partial charge is 0.339 e. The Labute approximate surface area is 140 Å².